The quantitative estimate of drug-likeness (QED) is 0.716. The lowest BCUT2D eigenvalue weighted by atomic mass is 10.1. The van der Waals surface area contributed by atoms with Crippen LogP contribution in [0.1, 0.15) is 19.3 Å². The van der Waals surface area contributed by atoms with Crippen molar-refractivity contribution in [2.24, 2.45) is 4.99 Å². The van der Waals surface area contributed by atoms with E-state index in [0.717, 1.165) is 13.1 Å². The molecule has 1 aromatic carbocycles. The van der Waals surface area contributed by atoms with E-state index in [1.165, 1.54) is 48.5 Å². The molecule has 0 saturated carbocycles. The van der Waals surface area contributed by atoms with Gasteiger partial charge in [-0.3, -0.25) is 9.89 Å². The molecule has 3 rings (SSSR count). The van der Waals surface area contributed by atoms with E-state index in [1.807, 2.05) is 0 Å². The highest BCUT2D eigenvalue weighted by atomic mass is 15.1. The van der Waals surface area contributed by atoms with Crippen LogP contribution in [0.2, 0.25) is 0 Å². The van der Waals surface area contributed by atoms with Gasteiger partial charge >= 0.3 is 0 Å². The summed E-state index contributed by atoms with van der Waals surface area (Å²) in [6.45, 7) is 4.58. The first kappa shape index (κ1) is 10.0. The third-order valence-electron chi connectivity index (χ3n) is 3.59. The minimum Gasteiger partial charge on any atom is -0.299 e. The van der Waals surface area contributed by atoms with Crippen LogP contribution in [-0.4, -0.2) is 31.1 Å². The number of rotatable bonds is 2. The molecule has 1 saturated heterocycles. The Morgan fingerprint density at radius 3 is 2.75 bits per heavy atom. The number of hydrogen-bond donors (Lipinski definition) is 0. The second-order valence-corrected chi connectivity index (χ2v) is 4.77. The lowest BCUT2D eigenvalue weighted by Gasteiger charge is -2.26. The molecule has 1 aromatic rings. The molecule has 0 bridgehead atoms. The van der Waals surface area contributed by atoms with Crippen LogP contribution >= 0.6 is 0 Å². The molecule has 0 aromatic heterocycles. The molecule has 0 unspecified atom stereocenters. The van der Waals surface area contributed by atoms with Gasteiger partial charge < -0.3 is 0 Å². The zero-order chi connectivity index (χ0) is 10.8. The van der Waals surface area contributed by atoms with Crippen molar-refractivity contribution in [3.63, 3.8) is 0 Å². The minimum absolute atomic E-state index is 0.913. The maximum atomic E-state index is 4.58. The van der Waals surface area contributed by atoms with Crippen molar-refractivity contribution >= 4 is 5.57 Å². The maximum Gasteiger partial charge on any atom is 0.0651 e. The molecule has 1 fully saturated rings. The average molecular weight is 214 g/mol. The van der Waals surface area contributed by atoms with Crippen LogP contribution in [0.5, 0.6) is 0 Å². The Morgan fingerprint density at radius 1 is 1.06 bits per heavy atom. The molecule has 84 valence electrons. The predicted octanol–water partition coefficient (Wildman–Crippen LogP) is 0.956. The van der Waals surface area contributed by atoms with Crippen molar-refractivity contribution in [3.8, 4) is 0 Å². The highest BCUT2D eigenvalue weighted by Crippen LogP contribution is 2.11. The van der Waals surface area contributed by atoms with Gasteiger partial charge in [0.1, 0.15) is 0 Å². The minimum atomic E-state index is 0.913. The zero-order valence-electron chi connectivity index (χ0n) is 9.65. The summed E-state index contributed by atoms with van der Waals surface area (Å²) in [5.41, 5.74) is 1.51. The molecule has 0 radical (unpaired) electrons. The maximum absolute atomic E-state index is 4.58. The number of piperidine rings is 1. The number of benzene rings is 1. The van der Waals surface area contributed by atoms with E-state index < -0.39 is 0 Å². The predicted molar refractivity (Wildman–Crippen MR) is 65.8 cm³/mol. The van der Waals surface area contributed by atoms with Crippen molar-refractivity contribution in [2.45, 2.75) is 19.3 Å². The lowest BCUT2D eigenvalue weighted by molar-refractivity contribution is 0.254. The van der Waals surface area contributed by atoms with Crippen molar-refractivity contribution in [3.05, 3.63) is 34.8 Å². The van der Waals surface area contributed by atoms with Gasteiger partial charge in [0.2, 0.25) is 0 Å². The molecule has 0 N–H and O–H groups in total. The Balaban J connectivity index is 1.84. The molecule has 2 aliphatic heterocycles. The standard InChI is InChI=1S/C14H18N2/c1-4-8-16(9-5-1)11-12-10-15-14-7-3-2-6-13(12)14/h2-3,6-7H,1,4-5,8-11H2. The first-order chi connectivity index (χ1) is 7.93. The van der Waals surface area contributed by atoms with Crippen molar-refractivity contribution in [2.75, 3.05) is 26.2 Å². The first-order valence-corrected chi connectivity index (χ1v) is 6.27. The van der Waals surface area contributed by atoms with Crippen molar-refractivity contribution < 1.29 is 0 Å². The molecule has 2 heterocycles. The third kappa shape index (κ3) is 1.90. The van der Waals surface area contributed by atoms with Gasteiger partial charge in [0.25, 0.3) is 0 Å². The van der Waals surface area contributed by atoms with E-state index in [9.17, 15) is 0 Å². The van der Waals surface area contributed by atoms with Gasteiger partial charge in [0, 0.05) is 11.8 Å². The molecule has 0 atom stereocenters. The van der Waals surface area contributed by atoms with E-state index in [0.29, 0.717) is 0 Å². The Hall–Kier alpha value is -1.15. The van der Waals surface area contributed by atoms with E-state index in [2.05, 4.69) is 34.2 Å². The average Bonchev–Trinajstić information content (AvgIpc) is 2.74. The smallest absolute Gasteiger partial charge is 0.0651 e. The number of hydrogen-bond acceptors (Lipinski definition) is 2. The normalized spacial score (nSPS) is 20.6. The lowest BCUT2D eigenvalue weighted by Crippen LogP contribution is -2.34. The third-order valence-corrected chi connectivity index (χ3v) is 3.59. The number of fused-ring (bicyclic) bond motifs is 1. The summed E-state index contributed by atoms with van der Waals surface area (Å²) in [6.07, 6.45) is 4.14. The number of likely N-dealkylation sites (tertiary alicyclic amines) is 1. The van der Waals surface area contributed by atoms with Crippen LogP contribution in [0.25, 0.3) is 5.57 Å². The van der Waals surface area contributed by atoms with Gasteiger partial charge in [-0.15, -0.1) is 0 Å². The summed E-state index contributed by atoms with van der Waals surface area (Å²) in [6, 6.07) is 8.53. The molecule has 16 heavy (non-hydrogen) atoms. The summed E-state index contributed by atoms with van der Waals surface area (Å²) in [5.74, 6) is 0. The van der Waals surface area contributed by atoms with E-state index in [-0.39, 0.29) is 0 Å². The fraction of sp³-hybridized carbons (Fsp3) is 0.500. The monoisotopic (exact) mass is 214 g/mol. The molecule has 2 aliphatic rings. The summed E-state index contributed by atoms with van der Waals surface area (Å²) in [5, 5.41) is 2.57. The number of para-hydroxylation sites is 1. The summed E-state index contributed by atoms with van der Waals surface area (Å²) in [7, 11) is 0. The van der Waals surface area contributed by atoms with Crippen LogP contribution in [0.3, 0.4) is 0 Å². The molecule has 0 aliphatic carbocycles. The van der Waals surface area contributed by atoms with E-state index in [4.69, 9.17) is 0 Å². The Bertz CT molecular complexity index is 484. The van der Waals surface area contributed by atoms with Gasteiger partial charge in [0.05, 0.1) is 11.9 Å². The van der Waals surface area contributed by atoms with Gasteiger partial charge in [-0.1, -0.05) is 24.6 Å². The van der Waals surface area contributed by atoms with Crippen LogP contribution in [-0.2, 0) is 0 Å². The molecule has 0 spiro atoms. The fourth-order valence-electron chi connectivity index (χ4n) is 2.70. The second kappa shape index (κ2) is 4.38. The zero-order valence-corrected chi connectivity index (χ0v) is 9.65. The van der Waals surface area contributed by atoms with Crippen LogP contribution in [0.4, 0.5) is 0 Å². The molecule has 2 nitrogen and oxygen atoms in total. The highest BCUT2D eigenvalue weighted by molar-refractivity contribution is 5.50. The molecule has 0 amide bonds. The fourth-order valence-corrected chi connectivity index (χ4v) is 2.70. The van der Waals surface area contributed by atoms with Gasteiger partial charge in [-0.05, 0) is 37.6 Å². The Kier molecular flexibility index (Phi) is 2.75. The highest BCUT2D eigenvalue weighted by Gasteiger charge is 2.13. The number of nitrogens with zero attached hydrogens (tertiary/aromatic N) is 2. The SMILES string of the molecule is c1ccc2c(c1)=NCC=2CN1CCCCC1. The van der Waals surface area contributed by atoms with E-state index >= 15 is 0 Å². The largest absolute Gasteiger partial charge is 0.299 e. The van der Waals surface area contributed by atoms with Crippen LogP contribution in [0, 0.1) is 0 Å². The molecular weight excluding hydrogens is 196 g/mol. The van der Waals surface area contributed by atoms with Crippen molar-refractivity contribution in [1.29, 1.82) is 0 Å². The van der Waals surface area contributed by atoms with Gasteiger partial charge in [0.15, 0.2) is 0 Å². The second-order valence-electron chi connectivity index (χ2n) is 4.77. The molecule has 2 heteroatoms. The Labute approximate surface area is 96.3 Å². The van der Waals surface area contributed by atoms with Crippen LogP contribution < -0.4 is 10.6 Å². The van der Waals surface area contributed by atoms with Crippen molar-refractivity contribution in [1.82, 2.24) is 4.90 Å². The van der Waals surface area contributed by atoms with Crippen LogP contribution in [0.15, 0.2) is 29.3 Å². The van der Waals surface area contributed by atoms with Gasteiger partial charge in [-0.25, -0.2) is 0 Å². The Morgan fingerprint density at radius 2 is 1.88 bits per heavy atom. The summed E-state index contributed by atoms with van der Waals surface area (Å²) < 4.78 is 0. The summed E-state index contributed by atoms with van der Waals surface area (Å²) in [4.78, 5) is 7.16. The molecular formula is C14H18N2. The van der Waals surface area contributed by atoms with Gasteiger partial charge in [-0.2, -0.15) is 0 Å². The van der Waals surface area contributed by atoms with E-state index in [1.54, 1.807) is 0 Å². The topological polar surface area (TPSA) is 15.6 Å². The summed E-state index contributed by atoms with van der Waals surface area (Å²) >= 11 is 0. The first-order valence-electron chi connectivity index (χ1n) is 6.27.